The van der Waals surface area contributed by atoms with E-state index in [0.717, 1.165) is 45.0 Å². The number of hydrogen-bond acceptors (Lipinski definition) is 2. The van der Waals surface area contributed by atoms with Gasteiger partial charge in [0.25, 0.3) is 0 Å². The summed E-state index contributed by atoms with van der Waals surface area (Å²) >= 11 is 0. The van der Waals surface area contributed by atoms with Gasteiger partial charge in [0.05, 0.1) is 6.04 Å². The number of allylic oxidation sites excluding steroid dienone is 7. The highest BCUT2D eigenvalue weighted by atomic mass is 16.3. The molecule has 12 rings (SSSR count). The monoisotopic (exact) mass is 793 g/mol. The fraction of sp³-hybridized carbons (Fsp3) is 0.0667. The summed E-state index contributed by atoms with van der Waals surface area (Å²) in [6.45, 7) is 0. The smallest absolute Gasteiger partial charge is 0.143 e. The molecule has 3 unspecified atom stereocenters. The van der Waals surface area contributed by atoms with Crippen molar-refractivity contribution in [2.75, 3.05) is 4.90 Å². The quantitative estimate of drug-likeness (QED) is 0.160. The summed E-state index contributed by atoms with van der Waals surface area (Å²) < 4.78 is 6.58. The second-order valence-electron chi connectivity index (χ2n) is 16.7. The van der Waals surface area contributed by atoms with Crippen LogP contribution in [-0.2, 0) is 0 Å². The zero-order valence-electron chi connectivity index (χ0n) is 34.2. The molecular weight excluding hydrogens is 751 g/mol. The van der Waals surface area contributed by atoms with Crippen molar-refractivity contribution in [1.82, 2.24) is 0 Å². The Hall–Kier alpha value is -7.68. The van der Waals surface area contributed by atoms with Crippen LogP contribution in [0, 0.1) is 5.92 Å². The van der Waals surface area contributed by atoms with Crippen molar-refractivity contribution in [3.8, 4) is 33.4 Å². The molecule has 0 amide bonds. The van der Waals surface area contributed by atoms with Crippen molar-refractivity contribution in [2.24, 2.45) is 5.92 Å². The van der Waals surface area contributed by atoms with Gasteiger partial charge < -0.3 is 9.32 Å². The van der Waals surface area contributed by atoms with Gasteiger partial charge >= 0.3 is 0 Å². The first-order valence-corrected chi connectivity index (χ1v) is 21.8. The molecule has 1 aromatic heterocycles. The van der Waals surface area contributed by atoms with Gasteiger partial charge in [-0.3, -0.25) is 0 Å². The molecule has 2 nitrogen and oxygen atoms in total. The molecule has 3 atom stereocenters. The molecule has 0 spiro atoms. The van der Waals surface area contributed by atoms with E-state index in [1.807, 2.05) is 0 Å². The fourth-order valence-electron chi connectivity index (χ4n) is 10.1. The summed E-state index contributed by atoms with van der Waals surface area (Å²) in [5, 5.41) is 4.58. The molecule has 8 aromatic carbocycles. The van der Waals surface area contributed by atoms with Crippen LogP contribution in [-0.4, -0.2) is 6.04 Å². The number of nitrogens with zero attached hydrogens (tertiary/aromatic N) is 1. The minimum Gasteiger partial charge on any atom is -0.455 e. The summed E-state index contributed by atoms with van der Waals surface area (Å²) in [5.41, 5.74) is 16.6. The summed E-state index contributed by atoms with van der Waals surface area (Å²) in [7, 11) is 0. The van der Waals surface area contributed by atoms with Gasteiger partial charge in [-0.25, -0.2) is 0 Å². The van der Waals surface area contributed by atoms with E-state index in [0.29, 0.717) is 11.8 Å². The lowest BCUT2D eigenvalue weighted by atomic mass is 9.75. The Morgan fingerprint density at radius 2 is 1.23 bits per heavy atom. The topological polar surface area (TPSA) is 16.4 Å². The summed E-state index contributed by atoms with van der Waals surface area (Å²) in [5.74, 6) is 0.790. The Bertz CT molecular complexity index is 3340. The molecule has 2 heteroatoms. The Labute approximate surface area is 362 Å². The largest absolute Gasteiger partial charge is 0.455 e. The maximum Gasteiger partial charge on any atom is 0.143 e. The third kappa shape index (κ3) is 6.18. The van der Waals surface area contributed by atoms with Gasteiger partial charge in [-0.1, -0.05) is 194 Å². The molecule has 62 heavy (non-hydrogen) atoms. The van der Waals surface area contributed by atoms with Gasteiger partial charge in [0.1, 0.15) is 11.2 Å². The number of fused-ring (bicyclic) bond motifs is 8. The maximum absolute atomic E-state index is 6.58. The zero-order valence-corrected chi connectivity index (χ0v) is 34.2. The molecule has 0 saturated heterocycles. The lowest BCUT2D eigenvalue weighted by molar-refractivity contribution is 0.672. The molecule has 0 fully saturated rings. The van der Waals surface area contributed by atoms with Gasteiger partial charge in [0.15, 0.2) is 0 Å². The van der Waals surface area contributed by atoms with E-state index < -0.39 is 0 Å². The van der Waals surface area contributed by atoms with Crippen LogP contribution < -0.4 is 4.90 Å². The first-order valence-electron chi connectivity index (χ1n) is 21.8. The van der Waals surface area contributed by atoms with Gasteiger partial charge in [-0.05, 0) is 92.7 Å². The SMILES string of the molecule is C1=CC2C=Cc3c(C4=CCC(N(c5ccccc5-c5ccc6oc7c8ccccc8ccc7c6c5)c5ccc(-c6ccccc6)cc5-c5ccccc5)C=C4)cccc3C2C=C1. The molecule has 0 saturated carbocycles. The van der Waals surface area contributed by atoms with E-state index in [9.17, 15) is 0 Å². The Morgan fingerprint density at radius 3 is 2.10 bits per heavy atom. The van der Waals surface area contributed by atoms with Crippen LogP contribution in [0.1, 0.15) is 29.0 Å². The second kappa shape index (κ2) is 15.1. The van der Waals surface area contributed by atoms with E-state index in [1.165, 1.54) is 61.2 Å². The number of rotatable bonds is 7. The predicted molar refractivity (Wildman–Crippen MR) is 262 cm³/mol. The van der Waals surface area contributed by atoms with E-state index in [-0.39, 0.29) is 6.04 Å². The van der Waals surface area contributed by atoms with Gasteiger partial charge in [0.2, 0.25) is 0 Å². The molecule has 9 aromatic rings. The summed E-state index contributed by atoms with van der Waals surface area (Å²) in [4.78, 5) is 2.59. The summed E-state index contributed by atoms with van der Waals surface area (Å²) in [6.07, 6.45) is 21.9. The highest BCUT2D eigenvalue weighted by molar-refractivity contribution is 6.15. The average molecular weight is 794 g/mol. The van der Waals surface area contributed by atoms with Crippen molar-refractivity contribution in [2.45, 2.75) is 18.4 Å². The molecule has 0 radical (unpaired) electrons. The Balaban J connectivity index is 1.01. The third-order valence-electron chi connectivity index (χ3n) is 13.2. The first-order chi connectivity index (χ1) is 30.7. The van der Waals surface area contributed by atoms with Gasteiger partial charge in [0, 0.05) is 50.5 Å². The number of anilines is 2. The minimum atomic E-state index is 0.0423. The van der Waals surface area contributed by atoms with E-state index in [2.05, 4.69) is 236 Å². The van der Waals surface area contributed by atoms with Crippen LogP contribution in [0.25, 0.3) is 77.7 Å². The van der Waals surface area contributed by atoms with Crippen LogP contribution in [0.4, 0.5) is 11.4 Å². The first kappa shape index (κ1) is 36.2. The number of furan rings is 1. The lowest BCUT2D eigenvalue weighted by Gasteiger charge is -2.36. The Morgan fingerprint density at radius 1 is 0.468 bits per heavy atom. The van der Waals surface area contributed by atoms with Crippen molar-refractivity contribution >= 4 is 55.7 Å². The van der Waals surface area contributed by atoms with E-state index in [1.54, 1.807) is 0 Å². The number of benzene rings is 8. The van der Waals surface area contributed by atoms with Crippen LogP contribution in [0.15, 0.2) is 229 Å². The van der Waals surface area contributed by atoms with Crippen molar-refractivity contribution in [3.05, 3.63) is 241 Å². The number of hydrogen-bond donors (Lipinski definition) is 0. The van der Waals surface area contributed by atoms with Crippen molar-refractivity contribution in [1.29, 1.82) is 0 Å². The van der Waals surface area contributed by atoms with E-state index >= 15 is 0 Å². The Kier molecular flexibility index (Phi) is 8.81. The van der Waals surface area contributed by atoms with Crippen LogP contribution in [0.5, 0.6) is 0 Å². The van der Waals surface area contributed by atoms with Crippen LogP contribution in [0.2, 0.25) is 0 Å². The minimum absolute atomic E-state index is 0.0423. The predicted octanol–water partition coefficient (Wildman–Crippen LogP) is 16.1. The van der Waals surface area contributed by atoms with Gasteiger partial charge in [-0.15, -0.1) is 0 Å². The van der Waals surface area contributed by atoms with Crippen molar-refractivity contribution in [3.63, 3.8) is 0 Å². The molecule has 294 valence electrons. The molecule has 0 aliphatic heterocycles. The molecule has 3 aliphatic rings. The highest BCUT2D eigenvalue weighted by Gasteiger charge is 2.29. The lowest BCUT2D eigenvalue weighted by Crippen LogP contribution is -2.31. The summed E-state index contributed by atoms with van der Waals surface area (Å²) in [6, 6.07) is 64.0. The number of para-hydroxylation sites is 1. The molecule has 1 heterocycles. The van der Waals surface area contributed by atoms with Crippen LogP contribution >= 0.6 is 0 Å². The van der Waals surface area contributed by atoms with E-state index in [4.69, 9.17) is 4.42 Å². The zero-order chi connectivity index (χ0) is 41.0. The average Bonchev–Trinajstić information content (AvgIpc) is 3.73. The van der Waals surface area contributed by atoms with Crippen molar-refractivity contribution < 1.29 is 4.42 Å². The second-order valence-corrected chi connectivity index (χ2v) is 16.7. The normalized spacial score (nSPS) is 17.6. The molecule has 3 aliphatic carbocycles. The highest BCUT2D eigenvalue weighted by Crippen LogP contribution is 2.47. The third-order valence-corrected chi connectivity index (χ3v) is 13.2. The van der Waals surface area contributed by atoms with Crippen LogP contribution in [0.3, 0.4) is 0 Å². The fourth-order valence-corrected chi connectivity index (χ4v) is 10.1. The maximum atomic E-state index is 6.58. The molecule has 0 bridgehead atoms. The van der Waals surface area contributed by atoms with Gasteiger partial charge in [-0.2, -0.15) is 0 Å². The molecule has 0 N–H and O–H groups in total. The standard InChI is InChI=1S/C60H43NO/c1-3-14-40(15-4-1)45-30-36-58(55(38-45)41-16-5-2-6-17-41)61(47-32-26-44(27-33-47)49-23-13-24-52-48-20-9-7-18-42(48)28-34-53(49)52)57-25-12-11-21-50(57)46-31-37-59-56(39-46)54-35-29-43-19-8-10-22-51(43)60(54)62-59/h1-32,34-39,42,47-48H,33H2. The molecular formula is C60H43NO.